The highest BCUT2D eigenvalue weighted by Gasteiger charge is 2.18. The minimum Gasteiger partial charge on any atom is -0.497 e. The van der Waals surface area contributed by atoms with E-state index in [9.17, 15) is 25.0 Å². The molecule has 0 atom stereocenters. The predicted molar refractivity (Wildman–Crippen MR) is 155 cm³/mol. The number of methoxy groups -OCH3 is 1. The number of hydrogen-bond donors (Lipinski definition) is 0. The van der Waals surface area contributed by atoms with Crippen LogP contribution in [-0.4, -0.2) is 22.8 Å². The van der Waals surface area contributed by atoms with E-state index in [-0.39, 0.29) is 17.0 Å². The van der Waals surface area contributed by atoms with Crippen LogP contribution in [0.4, 0.5) is 5.69 Å². The fraction of sp³-hybridized carbons (Fsp3) is 0.0968. The third kappa shape index (κ3) is 5.71. The molecule has 0 fully saturated rings. The number of benzene rings is 3. The first kappa shape index (κ1) is 27.3. The molecular weight excluding hydrogens is 542 g/mol. The van der Waals surface area contributed by atoms with Gasteiger partial charge in [0.1, 0.15) is 28.0 Å². The van der Waals surface area contributed by atoms with E-state index in [1.54, 1.807) is 43.5 Å². The number of nitro groups is 1. The van der Waals surface area contributed by atoms with Gasteiger partial charge in [0.15, 0.2) is 5.78 Å². The maximum atomic E-state index is 12.1. The van der Waals surface area contributed by atoms with Gasteiger partial charge >= 0.3 is 5.63 Å². The molecule has 0 bridgehead atoms. The number of non-ortho nitro benzene ring substituents is 1. The molecule has 0 saturated carbocycles. The van der Waals surface area contributed by atoms with Crippen molar-refractivity contribution in [2.45, 2.75) is 17.7 Å². The zero-order valence-corrected chi connectivity index (χ0v) is 22.7. The molecule has 9 nitrogen and oxygen atoms in total. The Morgan fingerprint density at radius 1 is 1.05 bits per heavy atom. The molecule has 202 valence electrons. The van der Waals surface area contributed by atoms with Crippen molar-refractivity contribution in [3.8, 4) is 34.2 Å². The predicted octanol–water partition coefficient (Wildman–Crippen LogP) is 6.81. The summed E-state index contributed by atoms with van der Waals surface area (Å²) >= 11 is 1.35. The molecule has 2 heterocycles. The van der Waals surface area contributed by atoms with E-state index in [1.807, 2.05) is 24.3 Å². The van der Waals surface area contributed by atoms with Gasteiger partial charge in [0.2, 0.25) is 0 Å². The number of ketones is 1. The zero-order valence-electron chi connectivity index (χ0n) is 21.9. The molecule has 0 N–H and O–H groups in total. The Morgan fingerprint density at radius 2 is 1.76 bits per heavy atom. The van der Waals surface area contributed by atoms with E-state index in [1.165, 1.54) is 36.9 Å². The van der Waals surface area contributed by atoms with E-state index >= 15 is 0 Å². The fourth-order valence-corrected chi connectivity index (χ4v) is 5.24. The number of hydrogen-bond acceptors (Lipinski definition) is 9. The molecule has 5 aromatic rings. The molecule has 0 amide bonds. The van der Waals surface area contributed by atoms with Crippen molar-refractivity contribution in [1.29, 1.82) is 5.26 Å². The highest BCUT2D eigenvalue weighted by Crippen LogP contribution is 2.36. The molecule has 0 radical (unpaired) electrons. The summed E-state index contributed by atoms with van der Waals surface area (Å²) in [6.07, 6.45) is 0. The zero-order chi connectivity index (χ0) is 29.1. The van der Waals surface area contributed by atoms with Crippen LogP contribution in [0.3, 0.4) is 0 Å². The summed E-state index contributed by atoms with van der Waals surface area (Å²) in [7, 11) is 1.57. The summed E-state index contributed by atoms with van der Waals surface area (Å²) in [6, 6.07) is 24.3. The minimum atomic E-state index is -0.677. The van der Waals surface area contributed by atoms with Gasteiger partial charge in [-0.05, 0) is 66.6 Å². The summed E-state index contributed by atoms with van der Waals surface area (Å²) in [5, 5.41) is 22.4. The lowest BCUT2D eigenvalue weighted by molar-refractivity contribution is -0.384. The average Bonchev–Trinajstić information content (AvgIpc) is 2.99. The van der Waals surface area contributed by atoms with E-state index in [0.717, 1.165) is 11.1 Å². The quantitative estimate of drug-likeness (QED) is 0.0655. The number of ether oxygens (including phenoxy) is 1. The van der Waals surface area contributed by atoms with Crippen molar-refractivity contribution in [1.82, 2.24) is 4.98 Å². The van der Waals surface area contributed by atoms with Gasteiger partial charge in [-0.1, -0.05) is 18.2 Å². The molecule has 5 rings (SSSR count). The number of nitriles is 1. The Bertz CT molecular complexity index is 1910. The van der Waals surface area contributed by atoms with Crippen LogP contribution in [0.5, 0.6) is 5.75 Å². The lowest BCUT2D eigenvalue weighted by Gasteiger charge is -2.13. The first-order chi connectivity index (χ1) is 19.8. The Hall–Kier alpha value is -5.27. The topological polar surface area (TPSA) is 136 Å². The minimum absolute atomic E-state index is 0.0179. The number of carbonyl (C=O) groups is 1. The monoisotopic (exact) mass is 563 g/mol. The Balaban J connectivity index is 1.57. The number of aromatic nitrogens is 1. The molecule has 0 unspecified atom stereocenters. The van der Waals surface area contributed by atoms with Crippen LogP contribution in [0.2, 0.25) is 0 Å². The van der Waals surface area contributed by atoms with Crippen LogP contribution in [0.1, 0.15) is 28.4 Å². The number of pyridine rings is 1. The molecule has 0 aliphatic rings. The van der Waals surface area contributed by atoms with Gasteiger partial charge in [0.25, 0.3) is 5.69 Å². The van der Waals surface area contributed by atoms with Gasteiger partial charge in [-0.2, -0.15) is 5.26 Å². The molecule has 10 heteroatoms. The largest absolute Gasteiger partial charge is 0.497 e. The number of fused-ring (bicyclic) bond motifs is 1. The molecule has 0 saturated heterocycles. The molecule has 0 aliphatic carbocycles. The summed E-state index contributed by atoms with van der Waals surface area (Å²) in [4.78, 5) is 39.3. The maximum absolute atomic E-state index is 12.1. The normalized spacial score (nSPS) is 10.8. The molecule has 41 heavy (non-hydrogen) atoms. The van der Waals surface area contributed by atoms with Gasteiger partial charge in [-0.3, -0.25) is 14.9 Å². The Labute approximate surface area is 238 Å². The second-order valence-electron chi connectivity index (χ2n) is 9.04. The maximum Gasteiger partial charge on any atom is 0.347 e. The Morgan fingerprint density at radius 3 is 2.39 bits per heavy atom. The van der Waals surface area contributed by atoms with Crippen molar-refractivity contribution in [2.24, 2.45) is 0 Å². The van der Waals surface area contributed by atoms with Gasteiger partial charge in [0.05, 0.1) is 23.3 Å². The number of carbonyl (C=O) groups excluding carboxylic acids is 1. The van der Waals surface area contributed by atoms with Crippen molar-refractivity contribution in [3.05, 3.63) is 116 Å². The Kier molecular flexibility index (Phi) is 7.63. The molecular formula is C31H21N3O6S. The second-order valence-corrected chi connectivity index (χ2v) is 10.0. The number of nitro benzene ring substituents is 1. The van der Waals surface area contributed by atoms with Gasteiger partial charge in [0, 0.05) is 34.4 Å². The number of thioether (sulfide) groups is 1. The summed E-state index contributed by atoms with van der Waals surface area (Å²) in [5.41, 5.74) is 3.55. The van der Waals surface area contributed by atoms with Gasteiger partial charge in [-0.15, -0.1) is 11.8 Å². The first-order valence-corrected chi connectivity index (χ1v) is 13.3. The molecule has 3 aromatic carbocycles. The van der Waals surface area contributed by atoms with Crippen LogP contribution in [0.15, 0.2) is 93.1 Å². The first-order valence-electron chi connectivity index (χ1n) is 12.3. The summed E-state index contributed by atoms with van der Waals surface area (Å²) < 4.78 is 10.6. The number of rotatable bonds is 8. The summed E-state index contributed by atoms with van der Waals surface area (Å²) in [6.45, 7) is 1.31. The number of Topliss-reactive ketones (excluding diaryl/α,β-unsaturated/α-hetero) is 1. The van der Waals surface area contributed by atoms with Crippen molar-refractivity contribution >= 4 is 34.2 Å². The highest BCUT2D eigenvalue weighted by atomic mass is 32.2. The van der Waals surface area contributed by atoms with E-state index in [2.05, 4.69) is 6.07 Å². The second kappa shape index (κ2) is 11.5. The van der Waals surface area contributed by atoms with Crippen LogP contribution < -0.4 is 10.4 Å². The standard InChI is InChI=1S/C31H21N3O6S/c1-18(35)25-14-22-13-19(3-12-29(22)40-31(25)36)17-41-30-27(16-32)26(20-6-10-24(39-2)11-7-20)15-28(33-30)21-4-8-23(9-5-21)34(37)38/h3-15H,17H2,1-2H3. The third-order valence-electron chi connectivity index (χ3n) is 6.42. The lowest BCUT2D eigenvalue weighted by Crippen LogP contribution is -2.10. The van der Waals surface area contributed by atoms with Gasteiger partial charge < -0.3 is 9.15 Å². The van der Waals surface area contributed by atoms with E-state index in [4.69, 9.17) is 14.1 Å². The lowest BCUT2D eigenvalue weighted by atomic mass is 9.99. The SMILES string of the molecule is COc1ccc(-c2cc(-c3ccc([N+](=O)[O-])cc3)nc(SCc3ccc4oc(=O)c(C(C)=O)cc4c3)c2C#N)cc1. The summed E-state index contributed by atoms with van der Waals surface area (Å²) in [5.74, 6) is 0.724. The van der Waals surface area contributed by atoms with Crippen LogP contribution >= 0.6 is 11.8 Å². The van der Waals surface area contributed by atoms with Crippen LogP contribution in [0, 0.1) is 21.4 Å². The van der Waals surface area contributed by atoms with Gasteiger partial charge in [-0.25, -0.2) is 9.78 Å². The van der Waals surface area contributed by atoms with Crippen molar-refractivity contribution < 1.29 is 18.9 Å². The molecule has 0 aliphatic heterocycles. The van der Waals surface area contributed by atoms with Crippen molar-refractivity contribution in [3.63, 3.8) is 0 Å². The van der Waals surface area contributed by atoms with Crippen LogP contribution in [-0.2, 0) is 5.75 Å². The van der Waals surface area contributed by atoms with Crippen molar-refractivity contribution in [2.75, 3.05) is 7.11 Å². The number of nitrogens with zero attached hydrogens (tertiary/aromatic N) is 3. The average molecular weight is 564 g/mol. The molecule has 0 spiro atoms. The third-order valence-corrected chi connectivity index (χ3v) is 7.47. The molecule has 2 aromatic heterocycles. The highest BCUT2D eigenvalue weighted by molar-refractivity contribution is 7.98. The van der Waals surface area contributed by atoms with Crippen LogP contribution in [0.25, 0.3) is 33.4 Å². The smallest absolute Gasteiger partial charge is 0.347 e. The van der Waals surface area contributed by atoms with E-state index in [0.29, 0.717) is 49.9 Å². The van der Waals surface area contributed by atoms with E-state index < -0.39 is 10.5 Å². The fourth-order valence-electron chi connectivity index (χ4n) is 4.29.